The molecule has 1 atom stereocenters. The van der Waals surface area contributed by atoms with E-state index in [0.29, 0.717) is 0 Å². The van der Waals surface area contributed by atoms with Crippen LogP contribution in [-0.2, 0) is 0 Å². The van der Waals surface area contributed by atoms with E-state index < -0.39 is 0 Å². The van der Waals surface area contributed by atoms with Gasteiger partial charge in [-0.05, 0) is 82.1 Å². The minimum Gasteiger partial charge on any atom is -0.362 e. The first-order chi connectivity index (χ1) is 10.6. The SMILES string of the molecule is Cc1ccc(NC(=S)NCCCN2CCCC[C@@H]2C)cc1C. The molecule has 0 amide bonds. The molecule has 1 aliphatic heterocycles. The number of benzene rings is 1. The standard InChI is InChI=1S/C18H29N3S/c1-14-8-9-17(13-15(14)2)20-18(22)19-10-6-12-21-11-5-4-7-16(21)3/h8-9,13,16H,4-7,10-12H2,1-3H3,(H2,19,20,22)/t16-/m0/s1. The Morgan fingerprint density at radius 3 is 2.82 bits per heavy atom. The zero-order valence-corrected chi connectivity index (χ0v) is 14.9. The van der Waals surface area contributed by atoms with Crippen LogP contribution in [-0.4, -0.2) is 35.7 Å². The van der Waals surface area contributed by atoms with E-state index in [-0.39, 0.29) is 0 Å². The Bertz CT molecular complexity index is 501. The van der Waals surface area contributed by atoms with Gasteiger partial charge in [0.15, 0.2) is 5.11 Å². The summed E-state index contributed by atoms with van der Waals surface area (Å²) in [5.74, 6) is 0. The molecule has 1 fully saturated rings. The van der Waals surface area contributed by atoms with Gasteiger partial charge in [-0.25, -0.2) is 0 Å². The number of rotatable bonds is 5. The van der Waals surface area contributed by atoms with Crippen molar-refractivity contribution in [3.05, 3.63) is 29.3 Å². The third-order valence-corrected chi connectivity index (χ3v) is 4.86. The highest BCUT2D eigenvalue weighted by Crippen LogP contribution is 2.16. The van der Waals surface area contributed by atoms with E-state index in [1.807, 2.05) is 0 Å². The molecule has 0 bridgehead atoms. The first-order valence-corrected chi connectivity index (χ1v) is 8.83. The highest BCUT2D eigenvalue weighted by atomic mass is 32.1. The largest absolute Gasteiger partial charge is 0.362 e. The highest BCUT2D eigenvalue weighted by Gasteiger charge is 2.16. The fourth-order valence-corrected chi connectivity index (χ4v) is 3.19. The van der Waals surface area contributed by atoms with Crippen molar-refractivity contribution in [1.29, 1.82) is 0 Å². The quantitative estimate of drug-likeness (QED) is 0.637. The lowest BCUT2D eigenvalue weighted by Gasteiger charge is -2.33. The topological polar surface area (TPSA) is 27.3 Å². The van der Waals surface area contributed by atoms with Gasteiger partial charge in [0.25, 0.3) is 0 Å². The van der Waals surface area contributed by atoms with Crippen LogP contribution in [0.4, 0.5) is 5.69 Å². The van der Waals surface area contributed by atoms with Crippen LogP contribution in [0.3, 0.4) is 0 Å². The number of piperidine rings is 1. The maximum atomic E-state index is 5.37. The van der Waals surface area contributed by atoms with E-state index in [1.165, 1.54) is 43.5 Å². The predicted molar refractivity (Wildman–Crippen MR) is 99.6 cm³/mol. The summed E-state index contributed by atoms with van der Waals surface area (Å²) in [6.45, 7) is 9.94. The summed E-state index contributed by atoms with van der Waals surface area (Å²) in [5.41, 5.74) is 3.65. The molecule has 0 aliphatic carbocycles. The molecule has 0 radical (unpaired) electrons. The molecular weight excluding hydrogens is 290 g/mol. The summed E-state index contributed by atoms with van der Waals surface area (Å²) >= 11 is 5.37. The van der Waals surface area contributed by atoms with E-state index in [4.69, 9.17) is 12.2 Å². The van der Waals surface area contributed by atoms with Gasteiger partial charge in [-0.15, -0.1) is 0 Å². The van der Waals surface area contributed by atoms with Gasteiger partial charge < -0.3 is 15.5 Å². The molecule has 1 aliphatic rings. The molecule has 3 nitrogen and oxygen atoms in total. The summed E-state index contributed by atoms with van der Waals surface area (Å²) in [4.78, 5) is 2.60. The summed E-state index contributed by atoms with van der Waals surface area (Å²) in [7, 11) is 0. The minimum absolute atomic E-state index is 0.718. The molecule has 1 aromatic rings. The van der Waals surface area contributed by atoms with Gasteiger partial charge in [-0.1, -0.05) is 12.5 Å². The second kappa shape index (κ2) is 8.49. The van der Waals surface area contributed by atoms with Crippen molar-refractivity contribution in [2.24, 2.45) is 0 Å². The molecule has 1 heterocycles. The number of likely N-dealkylation sites (tertiary alicyclic amines) is 1. The molecule has 2 N–H and O–H groups in total. The number of nitrogens with zero attached hydrogens (tertiary/aromatic N) is 1. The Labute approximate surface area is 140 Å². The Kier molecular flexibility index (Phi) is 6.65. The maximum absolute atomic E-state index is 5.37. The maximum Gasteiger partial charge on any atom is 0.170 e. The van der Waals surface area contributed by atoms with Gasteiger partial charge in [-0.3, -0.25) is 0 Å². The van der Waals surface area contributed by atoms with E-state index in [9.17, 15) is 0 Å². The lowest BCUT2D eigenvalue weighted by molar-refractivity contribution is 0.159. The monoisotopic (exact) mass is 319 g/mol. The Morgan fingerprint density at radius 2 is 2.09 bits per heavy atom. The van der Waals surface area contributed by atoms with Gasteiger partial charge >= 0.3 is 0 Å². The predicted octanol–water partition coefficient (Wildman–Crippen LogP) is 3.85. The van der Waals surface area contributed by atoms with Crippen molar-refractivity contribution < 1.29 is 0 Å². The van der Waals surface area contributed by atoms with Gasteiger partial charge in [0, 0.05) is 24.8 Å². The van der Waals surface area contributed by atoms with Gasteiger partial charge in [0.2, 0.25) is 0 Å². The van der Waals surface area contributed by atoms with Crippen LogP contribution in [0.25, 0.3) is 0 Å². The first kappa shape index (κ1) is 17.2. The zero-order valence-electron chi connectivity index (χ0n) is 14.1. The van der Waals surface area contributed by atoms with Crippen LogP contribution in [0.5, 0.6) is 0 Å². The number of thiocarbonyl (C=S) groups is 1. The van der Waals surface area contributed by atoms with E-state index in [2.05, 4.69) is 54.5 Å². The number of hydrogen-bond donors (Lipinski definition) is 2. The molecule has 2 rings (SSSR count). The number of aryl methyl sites for hydroxylation is 2. The molecule has 4 heteroatoms. The average molecular weight is 320 g/mol. The summed E-state index contributed by atoms with van der Waals surface area (Å²) in [5, 5.41) is 7.29. The minimum atomic E-state index is 0.718. The molecule has 0 unspecified atom stereocenters. The normalized spacial score (nSPS) is 19.0. The molecule has 1 saturated heterocycles. The summed E-state index contributed by atoms with van der Waals surface area (Å²) < 4.78 is 0. The lowest BCUT2D eigenvalue weighted by Crippen LogP contribution is -2.39. The third kappa shape index (κ3) is 5.25. The van der Waals surface area contributed by atoms with Crippen LogP contribution >= 0.6 is 12.2 Å². The Hall–Kier alpha value is -1.13. The Morgan fingerprint density at radius 1 is 1.27 bits per heavy atom. The fourth-order valence-electron chi connectivity index (χ4n) is 2.97. The molecule has 0 aromatic heterocycles. The molecule has 22 heavy (non-hydrogen) atoms. The van der Waals surface area contributed by atoms with Crippen molar-refractivity contribution in [2.45, 2.75) is 52.5 Å². The number of nitrogens with one attached hydrogen (secondary N) is 2. The van der Waals surface area contributed by atoms with Gasteiger partial charge in [-0.2, -0.15) is 0 Å². The van der Waals surface area contributed by atoms with Crippen molar-refractivity contribution in [3.63, 3.8) is 0 Å². The fraction of sp³-hybridized carbons (Fsp3) is 0.611. The lowest BCUT2D eigenvalue weighted by atomic mass is 10.0. The highest BCUT2D eigenvalue weighted by molar-refractivity contribution is 7.80. The smallest absolute Gasteiger partial charge is 0.170 e. The van der Waals surface area contributed by atoms with Crippen molar-refractivity contribution >= 4 is 23.0 Å². The van der Waals surface area contributed by atoms with Crippen molar-refractivity contribution in [2.75, 3.05) is 25.0 Å². The van der Waals surface area contributed by atoms with Crippen molar-refractivity contribution in [1.82, 2.24) is 10.2 Å². The van der Waals surface area contributed by atoms with Gasteiger partial charge in [0.1, 0.15) is 0 Å². The molecule has 1 aromatic carbocycles. The number of anilines is 1. The average Bonchev–Trinajstić information content (AvgIpc) is 2.49. The first-order valence-electron chi connectivity index (χ1n) is 8.42. The van der Waals surface area contributed by atoms with E-state index >= 15 is 0 Å². The Balaban J connectivity index is 1.66. The van der Waals surface area contributed by atoms with Crippen molar-refractivity contribution in [3.8, 4) is 0 Å². The van der Waals surface area contributed by atoms with Gasteiger partial charge in [0.05, 0.1) is 0 Å². The zero-order chi connectivity index (χ0) is 15.9. The molecular formula is C18H29N3S. The second-order valence-electron chi connectivity index (χ2n) is 6.41. The molecule has 122 valence electrons. The summed E-state index contributed by atoms with van der Waals surface area (Å²) in [6, 6.07) is 7.08. The molecule has 0 saturated carbocycles. The number of hydrogen-bond acceptors (Lipinski definition) is 2. The van der Waals surface area contributed by atoms with Crippen LogP contribution in [0.1, 0.15) is 43.7 Å². The van der Waals surface area contributed by atoms with Crippen LogP contribution in [0.2, 0.25) is 0 Å². The van der Waals surface area contributed by atoms with E-state index in [1.54, 1.807) is 0 Å². The second-order valence-corrected chi connectivity index (χ2v) is 6.82. The summed E-state index contributed by atoms with van der Waals surface area (Å²) in [6.07, 6.45) is 5.23. The van der Waals surface area contributed by atoms with Crippen LogP contribution in [0.15, 0.2) is 18.2 Å². The molecule has 0 spiro atoms. The van der Waals surface area contributed by atoms with Crippen LogP contribution in [0, 0.1) is 13.8 Å². The third-order valence-electron chi connectivity index (χ3n) is 4.61. The van der Waals surface area contributed by atoms with Crippen LogP contribution < -0.4 is 10.6 Å². The van der Waals surface area contributed by atoms with E-state index in [0.717, 1.165) is 29.8 Å².